The maximum absolute atomic E-state index is 12.9. The van der Waals surface area contributed by atoms with Crippen LogP contribution in [0.4, 0.5) is 0 Å². The van der Waals surface area contributed by atoms with E-state index < -0.39 is 0 Å². The molecule has 1 atom stereocenters. The van der Waals surface area contributed by atoms with E-state index in [1.54, 1.807) is 0 Å². The summed E-state index contributed by atoms with van der Waals surface area (Å²) < 4.78 is 6.88. The summed E-state index contributed by atoms with van der Waals surface area (Å²) in [5.41, 5.74) is 6.44. The van der Waals surface area contributed by atoms with E-state index in [1.807, 2.05) is 53.4 Å². The minimum atomic E-state index is -0.00206. The molecule has 4 nitrogen and oxygen atoms in total. The first-order valence-electron chi connectivity index (χ1n) is 8.03. The Morgan fingerprint density at radius 3 is 2.79 bits per heavy atom. The van der Waals surface area contributed by atoms with Crippen LogP contribution >= 0.6 is 15.9 Å². The number of para-hydroxylation sites is 1. The molecule has 5 heteroatoms. The SMILES string of the molecule is CC1(CN)CCN(C(=O)c2ccccc2Oc2cccc(Br)c2)C1. The lowest BCUT2D eigenvalue weighted by atomic mass is 9.90. The number of halogens is 1. The fourth-order valence-electron chi connectivity index (χ4n) is 2.92. The second-order valence-electron chi connectivity index (χ2n) is 6.55. The topological polar surface area (TPSA) is 55.6 Å². The van der Waals surface area contributed by atoms with E-state index in [0.717, 1.165) is 17.4 Å². The number of nitrogens with zero attached hydrogens (tertiary/aromatic N) is 1. The molecule has 0 aliphatic carbocycles. The molecular weight excluding hydrogens is 368 g/mol. The monoisotopic (exact) mass is 388 g/mol. The van der Waals surface area contributed by atoms with Crippen LogP contribution in [0.15, 0.2) is 53.0 Å². The van der Waals surface area contributed by atoms with Crippen LogP contribution in [0.5, 0.6) is 11.5 Å². The highest BCUT2D eigenvalue weighted by atomic mass is 79.9. The largest absolute Gasteiger partial charge is 0.456 e. The lowest BCUT2D eigenvalue weighted by Gasteiger charge is -2.23. The van der Waals surface area contributed by atoms with Gasteiger partial charge in [-0.3, -0.25) is 4.79 Å². The predicted molar refractivity (Wildman–Crippen MR) is 98.3 cm³/mol. The van der Waals surface area contributed by atoms with Crippen molar-refractivity contribution >= 4 is 21.8 Å². The second-order valence-corrected chi connectivity index (χ2v) is 7.46. The number of likely N-dealkylation sites (tertiary alicyclic amines) is 1. The van der Waals surface area contributed by atoms with E-state index in [0.29, 0.717) is 30.2 Å². The summed E-state index contributed by atoms with van der Waals surface area (Å²) in [6.07, 6.45) is 0.934. The highest BCUT2D eigenvalue weighted by Crippen LogP contribution is 2.32. The van der Waals surface area contributed by atoms with E-state index in [1.165, 1.54) is 0 Å². The molecule has 3 rings (SSSR count). The van der Waals surface area contributed by atoms with Gasteiger partial charge in [0.2, 0.25) is 0 Å². The van der Waals surface area contributed by atoms with Gasteiger partial charge >= 0.3 is 0 Å². The Kier molecular flexibility index (Phi) is 4.92. The first kappa shape index (κ1) is 17.0. The highest BCUT2D eigenvalue weighted by molar-refractivity contribution is 9.10. The smallest absolute Gasteiger partial charge is 0.257 e. The molecule has 1 saturated heterocycles. The molecule has 1 aliphatic heterocycles. The van der Waals surface area contributed by atoms with Crippen molar-refractivity contribution in [3.63, 3.8) is 0 Å². The van der Waals surface area contributed by atoms with Gasteiger partial charge in [-0.1, -0.05) is 41.1 Å². The molecule has 1 unspecified atom stereocenters. The Morgan fingerprint density at radius 2 is 2.08 bits per heavy atom. The first-order valence-corrected chi connectivity index (χ1v) is 8.82. The van der Waals surface area contributed by atoms with Crippen molar-refractivity contribution in [1.82, 2.24) is 4.90 Å². The molecule has 2 aromatic carbocycles. The minimum absolute atomic E-state index is 0.00206. The standard InChI is InChI=1S/C19H21BrN2O2/c1-19(12-21)9-10-22(13-19)18(23)16-7-2-3-8-17(16)24-15-6-4-5-14(20)11-15/h2-8,11H,9-10,12-13,21H2,1H3. The van der Waals surface area contributed by atoms with Gasteiger partial charge in [-0.25, -0.2) is 0 Å². The summed E-state index contributed by atoms with van der Waals surface area (Å²) in [6.45, 7) is 4.14. The number of carbonyl (C=O) groups excluding carboxylic acids is 1. The van der Waals surface area contributed by atoms with Gasteiger partial charge in [0, 0.05) is 17.6 Å². The van der Waals surface area contributed by atoms with Gasteiger partial charge in [0.25, 0.3) is 5.91 Å². The third kappa shape index (κ3) is 3.62. The summed E-state index contributed by atoms with van der Waals surface area (Å²) in [5.74, 6) is 1.26. The Hall–Kier alpha value is -1.85. The number of benzene rings is 2. The minimum Gasteiger partial charge on any atom is -0.456 e. The Balaban J connectivity index is 1.83. The molecule has 2 N–H and O–H groups in total. The zero-order chi connectivity index (χ0) is 17.2. The van der Waals surface area contributed by atoms with Crippen molar-refractivity contribution in [2.24, 2.45) is 11.1 Å². The normalized spacial score (nSPS) is 20.2. The van der Waals surface area contributed by atoms with Crippen molar-refractivity contribution in [1.29, 1.82) is 0 Å². The van der Waals surface area contributed by atoms with Crippen molar-refractivity contribution in [3.8, 4) is 11.5 Å². The predicted octanol–water partition coefficient (Wildman–Crippen LogP) is 4.05. The third-order valence-electron chi connectivity index (χ3n) is 4.48. The molecule has 0 bridgehead atoms. The average Bonchev–Trinajstić information content (AvgIpc) is 2.98. The van der Waals surface area contributed by atoms with E-state index in [9.17, 15) is 4.79 Å². The fraction of sp³-hybridized carbons (Fsp3) is 0.316. The van der Waals surface area contributed by atoms with Crippen molar-refractivity contribution in [2.75, 3.05) is 19.6 Å². The van der Waals surface area contributed by atoms with Crippen LogP contribution in [0.3, 0.4) is 0 Å². The van der Waals surface area contributed by atoms with Crippen LogP contribution in [0.1, 0.15) is 23.7 Å². The zero-order valence-corrected chi connectivity index (χ0v) is 15.3. The first-order chi connectivity index (χ1) is 11.5. The number of carbonyl (C=O) groups is 1. The number of amides is 1. The molecule has 0 aromatic heterocycles. The summed E-state index contributed by atoms with van der Waals surface area (Å²) in [7, 11) is 0. The molecule has 1 aliphatic rings. The van der Waals surface area contributed by atoms with Crippen LogP contribution in [-0.4, -0.2) is 30.4 Å². The summed E-state index contributed by atoms with van der Waals surface area (Å²) >= 11 is 3.43. The van der Waals surface area contributed by atoms with Gasteiger partial charge < -0.3 is 15.4 Å². The molecule has 2 aromatic rings. The lowest BCUT2D eigenvalue weighted by molar-refractivity contribution is 0.0774. The summed E-state index contributed by atoms with van der Waals surface area (Å²) in [6, 6.07) is 15.0. The van der Waals surface area contributed by atoms with Crippen LogP contribution < -0.4 is 10.5 Å². The van der Waals surface area contributed by atoms with Gasteiger partial charge in [-0.15, -0.1) is 0 Å². The Labute approximate surface area is 150 Å². The second kappa shape index (κ2) is 6.95. The van der Waals surface area contributed by atoms with E-state index in [-0.39, 0.29) is 11.3 Å². The molecular formula is C19H21BrN2O2. The average molecular weight is 389 g/mol. The molecule has 24 heavy (non-hydrogen) atoms. The molecule has 126 valence electrons. The number of hydrogen-bond acceptors (Lipinski definition) is 3. The van der Waals surface area contributed by atoms with Gasteiger partial charge in [0.15, 0.2) is 0 Å². The maximum atomic E-state index is 12.9. The Bertz CT molecular complexity index is 750. The third-order valence-corrected chi connectivity index (χ3v) is 4.97. The molecule has 1 amide bonds. The summed E-state index contributed by atoms with van der Waals surface area (Å²) in [4.78, 5) is 14.8. The lowest BCUT2D eigenvalue weighted by Crippen LogP contribution is -2.34. The van der Waals surface area contributed by atoms with Crippen molar-refractivity contribution < 1.29 is 9.53 Å². The van der Waals surface area contributed by atoms with Crippen LogP contribution in [0.25, 0.3) is 0 Å². The number of nitrogens with two attached hydrogens (primary N) is 1. The van der Waals surface area contributed by atoms with Crippen molar-refractivity contribution in [3.05, 3.63) is 58.6 Å². The maximum Gasteiger partial charge on any atom is 0.257 e. The number of ether oxygens (including phenoxy) is 1. The molecule has 1 fully saturated rings. The molecule has 1 heterocycles. The van der Waals surface area contributed by atoms with Gasteiger partial charge in [-0.05, 0) is 48.7 Å². The van der Waals surface area contributed by atoms with Gasteiger partial charge in [0.05, 0.1) is 5.56 Å². The molecule has 0 radical (unpaired) electrons. The van der Waals surface area contributed by atoms with Crippen LogP contribution in [-0.2, 0) is 0 Å². The fourth-order valence-corrected chi connectivity index (χ4v) is 3.30. The Morgan fingerprint density at radius 1 is 1.29 bits per heavy atom. The zero-order valence-electron chi connectivity index (χ0n) is 13.7. The van der Waals surface area contributed by atoms with Crippen LogP contribution in [0.2, 0.25) is 0 Å². The van der Waals surface area contributed by atoms with E-state index in [2.05, 4.69) is 22.9 Å². The van der Waals surface area contributed by atoms with Gasteiger partial charge in [-0.2, -0.15) is 0 Å². The van der Waals surface area contributed by atoms with Crippen molar-refractivity contribution in [2.45, 2.75) is 13.3 Å². The molecule has 0 spiro atoms. The number of hydrogen-bond donors (Lipinski definition) is 1. The quantitative estimate of drug-likeness (QED) is 0.858. The highest BCUT2D eigenvalue weighted by Gasteiger charge is 2.35. The molecule has 0 saturated carbocycles. The van der Waals surface area contributed by atoms with Crippen LogP contribution in [0, 0.1) is 5.41 Å². The van der Waals surface area contributed by atoms with E-state index >= 15 is 0 Å². The van der Waals surface area contributed by atoms with E-state index in [4.69, 9.17) is 10.5 Å². The van der Waals surface area contributed by atoms with Gasteiger partial charge in [0.1, 0.15) is 11.5 Å². The number of rotatable bonds is 4. The summed E-state index contributed by atoms with van der Waals surface area (Å²) in [5, 5.41) is 0.